The van der Waals surface area contributed by atoms with Gasteiger partial charge in [0.05, 0.1) is 0 Å². The molecule has 0 aliphatic heterocycles. The molecule has 0 aromatic rings. The predicted molar refractivity (Wildman–Crippen MR) is 76.1 cm³/mol. The van der Waals surface area contributed by atoms with Gasteiger partial charge in [0.15, 0.2) is 0 Å². The molecular weight excluding hydrogens is 240 g/mol. The van der Waals surface area contributed by atoms with Crippen molar-refractivity contribution < 1.29 is 9.53 Å². The van der Waals surface area contributed by atoms with E-state index in [2.05, 4.69) is 24.5 Å². The van der Waals surface area contributed by atoms with Gasteiger partial charge in [-0.3, -0.25) is 0 Å². The predicted octanol–water partition coefficient (Wildman–Crippen LogP) is 2.82. The standard InChI is InChI=1S/C15H28N2O2/c1-14(2,3)19-13(18)17-12-8-11(12)16-10-6-7-15(4,5)9-10/h10-12,16H,6-9H2,1-5H3,(H,17,18). The van der Waals surface area contributed by atoms with Crippen LogP contribution < -0.4 is 10.6 Å². The summed E-state index contributed by atoms with van der Waals surface area (Å²) in [6, 6.07) is 1.30. The number of hydrogen-bond acceptors (Lipinski definition) is 3. The van der Waals surface area contributed by atoms with Crippen molar-refractivity contribution >= 4 is 6.09 Å². The van der Waals surface area contributed by atoms with Crippen LogP contribution in [0.3, 0.4) is 0 Å². The molecular formula is C15H28N2O2. The number of amides is 1. The number of alkyl carbamates (subject to hydrolysis) is 1. The van der Waals surface area contributed by atoms with Crippen LogP contribution in [-0.4, -0.2) is 29.8 Å². The lowest BCUT2D eigenvalue weighted by molar-refractivity contribution is 0.0521. The van der Waals surface area contributed by atoms with E-state index < -0.39 is 5.60 Å². The maximum atomic E-state index is 11.6. The zero-order chi connectivity index (χ0) is 14.3. The number of nitrogens with one attached hydrogen (secondary N) is 2. The molecule has 4 nitrogen and oxygen atoms in total. The molecule has 3 atom stereocenters. The highest BCUT2D eigenvalue weighted by atomic mass is 16.6. The van der Waals surface area contributed by atoms with Gasteiger partial charge in [-0.05, 0) is 51.9 Å². The molecule has 2 aliphatic carbocycles. The fourth-order valence-electron chi connectivity index (χ4n) is 2.88. The van der Waals surface area contributed by atoms with E-state index >= 15 is 0 Å². The summed E-state index contributed by atoms with van der Waals surface area (Å²) in [5, 5.41) is 6.59. The summed E-state index contributed by atoms with van der Waals surface area (Å²) in [7, 11) is 0. The molecule has 3 unspecified atom stereocenters. The fourth-order valence-corrected chi connectivity index (χ4v) is 2.88. The minimum absolute atomic E-state index is 0.249. The van der Waals surface area contributed by atoms with Crippen LogP contribution in [0.1, 0.15) is 60.3 Å². The Labute approximate surface area is 116 Å². The summed E-state index contributed by atoms with van der Waals surface area (Å²) in [4.78, 5) is 11.6. The van der Waals surface area contributed by atoms with Crippen LogP contribution in [0.25, 0.3) is 0 Å². The lowest BCUT2D eigenvalue weighted by Crippen LogP contribution is -2.38. The molecule has 1 amide bonds. The SMILES string of the molecule is CC1(C)CCC(NC2CC2NC(=O)OC(C)(C)C)C1. The molecule has 0 aromatic heterocycles. The maximum absolute atomic E-state index is 11.6. The van der Waals surface area contributed by atoms with Gasteiger partial charge < -0.3 is 15.4 Å². The van der Waals surface area contributed by atoms with Crippen LogP contribution in [0.4, 0.5) is 4.79 Å². The van der Waals surface area contributed by atoms with Gasteiger partial charge in [0.1, 0.15) is 5.60 Å². The van der Waals surface area contributed by atoms with E-state index in [1.54, 1.807) is 0 Å². The van der Waals surface area contributed by atoms with E-state index in [1.807, 2.05) is 20.8 Å². The van der Waals surface area contributed by atoms with Gasteiger partial charge >= 0.3 is 6.09 Å². The molecule has 2 rings (SSSR count). The van der Waals surface area contributed by atoms with Gasteiger partial charge in [-0.2, -0.15) is 0 Å². The number of hydrogen-bond donors (Lipinski definition) is 2. The molecule has 2 N–H and O–H groups in total. The summed E-state index contributed by atoms with van der Waals surface area (Å²) < 4.78 is 5.26. The monoisotopic (exact) mass is 268 g/mol. The van der Waals surface area contributed by atoms with Gasteiger partial charge in [-0.25, -0.2) is 4.79 Å². The van der Waals surface area contributed by atoms with E-state index in [9.17, 15) is 4.79 Å². The third-order valence-electron chi connectivity index (χ3n) is 3.91. The van der Waals surface area contributed by atoms with Crippen LogP contribution in [-0.2, 0) is 4.74 Å². The summed E-state index contributed by atoms with van der Waals surface area (Å²) >= 11 is 0. The van der Waals surface area contributed by atoms with Crippen LogP contribution >= 0.6 is 0 Å². The van der Waals surface area contributed by atoms with Gasteiger partial charge in [0.2, 0.25) is 0 Å². The second kappa shape index (κ2) is 4.97. The smallest absolute Gasteiger partial charge is 0.407 e. The van der Waals surface area contributed by atoms with Crippen molar-refractivity contribution in [2.75, 3.05) is 0 Å². The van der Waals surface area contributed by atoms with E-state index in [4.69, 9.17) is 4.74 Å². The largest absolute Gasteiger partial charge is 0.444 e. The Kier molecular flexibility index (Phi) is 3.83. The lowest BCUT2D eigenvalue weighted by Gasteiger charge is -2.20. The fraction of sp³-hybridized carbons (Fsp3) is 0.933. The Morgan fingerprint density at radius 1 is 1.26 bits per heavy atom. The van der Waals surface area contributed by atoms with E-state index in [0.717, 1.165) is 6.42 Å². The zero-order valence-corrected chi connectivity index (χ0v) is 12.9. The zero-order valence-electron chi connectivity index (χ0n) is 12.9. The first-order chi connectivity index (χ1) is 8.65. The van der Waals surface area contributed by atoms with Gasteiger partial charge in [0.25, 0.3) is 0 Å². The summed E-state index contributed by atoms with van der Waals surface area (Å²) in [6.45, 7) is 10.3. The van der Waals surface area contributed by atoms with Crippen molar-refractivity contribution in [1.82, 2.24) is 10.6 Å². The Balaban J connectivity index is 1.67. The minimum Gasteiger partial charge on any atom is -0.444 e. The van der Waals surface area contributed by atoms with E-state index in [-0.39, 0.29) is 12.1 Å². The number of carbonyl (C=O) groups is 1. The normalized spacial score (nSPS) is 33.0. The third kappa shape index (κ3) is 4.68. The lowest BCUT2D eigenvalue weighted by atomic mass is 9.92. The van der Waals surface area contributed by atoms with Crippen LogP contribution in [0.15, 0.2) is 0 Å². The number of rotatable bonds is 3. The van der Waals surface area contributed by atoms with Crippen molar-refractivity contribution in [3.8, 4) is 0 Å². The number of carbonyl (C=O) groups excluding carboxylic acids is 1. The molecule has 4 heteroatoms. The molecule has 19 heavy (non-hydrogen) atoms. The summed E-state index contributed by atoms with van der Waals surface area (Å²) in [5.41, 5.74) is 0.0536. The molecule has 0 aromatic carbocycles. The quantitative estimate of drug-likeness (QED) is 0.827. The third-order valence-corrected chi connectivity index (χ3v) is 3.91. The van der Waals surface area contributed by atoms with Crippen LogP contribution in [0, 0.1) is 5.41 Å². The molecule has 0 heterocycles. The molecule has 2 saturated carbocycles. The van der Waals surface area contributed by atoms with Crippen molar-refractivity contribution in [1.29, 1.82) is 0 Å². The highest BCUT2D eigenvalue weighted by Gasteiger charge is 2.42. The van der Waals surface area contributed by atoms with E-state index in [1.165, 1.54) is 19.3 Å². The van der Waals surface area contributed by atoms with Gasteiger partial charge in [-0.1, -0.05) is 13.8 Å². The second-order valence-electron chi connectivity index (χ2n) is 7.87. The first-order valence-electron chi connectivity index (χ1n) is 7.40. The van der Waals surface area contributed by atoms with Gasteiger partial charge in [-0.15, -0.1) is 0 Å². The van der Waals surface area contributed by atoms with Crippen molar-refractivity contribution in [3.05, 3.63) is 0 Å². The molecule has 2 fully saturated rings. The Hall–Kier alpha value is -0.770. The molecule has 0 radical (unpaired) electrons. The van der Waals surface area contributed by atoms with Crippen molar-refractivity contribution in [3.63, 3.8) is 0 Å². The Bertz CT molecular complexity index is 347. The minimum atomic E-state index is -0.419. The van der Waals surface area contributed by atoms with E-state index in [0.29, 0.717) is 17.5 Å². The van der Waals surface area contributed by atoms with Crippen molar-refractivity contribution in [2.45, 2.75) is 84.0 Å². The second-order valence-corrected chi connectivity index (χ2v) is 7.87. The van der Waals surface area contributed by atoms with Gasteiger partial charge in [0, 0.05) is 18.1 Å². The van der Waals surface area contributed by atoms with Crippen LogP contribution in [0.5, 0.6) is 0 Å². The molecule has 0 bridgehead atoms. The summed E-state index contributed by atoms with van der Waals surface area (Å²) in [6.07, 6.45) is 4.51. The van der Waals surface area contributed by atoms with Crippen LogP contribution in [0.2, 0.25) is 0 Å². The highest BCUT2D eigenvalue weighted by molar-refractivity contribution is 5.68. The average Bonchev–Trinajstić information content (AvgIpc) is 2.78. The average molecular weight is 268 g/mol. The molecule has 2 aliphatic rings. The highest BCUT2D eigenvalue weighted by Crippen LogP contribution is 2.38. The first kappa shape index (κ1) is 14.6. The topological polar surface area (TPSA) is 50.4 Å². The van der Waals surface area contributed by atoms with Crippen molar-refractivity contribution in [2.24, 2.45) is 5.41 Å². The Morgan fingerprint density at radius 3 is 2.47 bits per heavy atom. The number of ether oxygens (including phenoxy) is 1. The summed E-state index contributed by atoms with van der Waals surface area (Å²) in [5.74, 6) is 0. The Morgan fingerprint density at radius 2 is 1.95 bits per heavy atom. The molecule has 110 valence electrons. The molecule has 0 saturated heterocycles. The molecule has 0 spiro atoms. The maximum Gasteiger partial charge on any atom is 0.407 e. The first-order valence-corrected chi connectivity index (χ1v) is 7.40.